The number of aliphatic hydroxyl groups is 1. The van der Waals surface area contributed by atoms with Crippen LogP contribution in [0.5, 0.6) is 0 Å². The number of aliphatic hydroxyl groups excluding tert-OH is 1. The zero-order valence-corrected chi connectivity index (χ0v) is 14.9. The van der Waals surface area contributed by atoms with Crippen molar-refractivity contribution in [3.8, 4) is 0 Å². The summed E-state index contributed by atoms with van der Waals surface area (Å²) in [7, 11) is 1.76. The van der Waals surface area contributed by atoms with Gasteiger partial charge in [0, 0.05) is 18.9 Å². The second-order valence-electron chi connectivity index (χ2n) is 9.29. The van der Waals surface area contributed by atoms with E-state index in [9.17, 15) is 9.90 Å². The van der Waals surface area contributed by atoms with Crippen LogP contribution in [0.1, 0.15) is 65.2 Å². The molecule has 0 aromatic carbocycles. The third-order valence-electron chi connectivity index (χ3n) is 8.68. The monoisotopic (exact) mass is 320 g/mol. The van der Waals surface area contributed by atoms with E-state index in [0.29, 0.717) is 23.5 Å². The number of hydrogen-bond acceptors (Lipinski definition) is 3. The van der Waals surface area contributed by atoms with E-state index < -0.39 is 0 Å². The topological polar surface area (TPSA) is 46.5 Å². The fraction of sp³-hybridized carbons (Fsp3) is 0.950. The molecule has 4 aliphatic carbocycles. The molecule has 23 heavy (non-hydrogen) atoms. The van der Waals surface area contributed by atoms with Crippen molar-refractivity contribution in [3.63, 3.8) is 0 Å². The Labute approximate surface area is 140 Å². The van der Waals surface area contributed by atoms with Gasteiger partial charge in [0.1, 0.15) is 5.78 Å². The van der Waals surface area contributed by atoms with Gasteiger partial charge in [0.2, 0.25) is 0 Å². The second-order valence-corrected chi connectivity index (χ2v) is 9.29. The van der Waals surface area contributed by atoms with Crippen LogP contribution in [0.15, 0.2) is 0 Å². The lowest BCUT2D eigenvalue weighted by atomic mass is 9.44. The highest BCUT2D eigenvalue weighted by atomic mass is 16.5. The van der Waals surface area contributed by atoms with E-state index in [1.807, 2.05) is 0 Å². The van der Waals surface area contributed by atoms with Gasteiger partial charge in [-0.3, -0.25) is 4.79 Å². The van der Waals surface area contributed by atoms with Crippen LogP contribution in [-0.2, 0) is 9.53 Å². The Kier molecular flexibility index (Phi) is 3.70. The Morgan fingerprint density at radius 3 is 2.52 bits per heavy atom. The van der Waals surface area contributed by atoms with Gasteiger partial charge in [-0.05, 0) is 74.0 Å². The first-order chi connectivity index (χ1) is 10.9. The minimum absolute atomic E-state index is 0.00761. The van der Waals surface area contributed by atoms with Crippen LogP contribution >= 0.6 is 0 Å². The van der Waals surface area contributed by atoms with Gasteiger partial charge in [-0.2, -0.15) is 0 Å². The zero-order valence-electron chi connectivity index (χ0n) is 14.9. The molecule has 3 heteroatoms. The summed E-state index contributed by atoms with van der Waals surface area (Å²) in [6, 6.07) is 0. The van der Waals surface area contributed by atoms with Crippen molar-refractivity contribution in [2.45, 2.75) is 77.4 Å². The van der Waals surface area contributed by atoms with Crippen molar-refractivity contribution in [1.82, 2.24) is 0 Å². The number of ether oxygens (including phenoxy) is 1. The van der Waals surface area contributed by atoms with Crippen molar-refractivity contribution in [2.75, 3.05) is 7.11 Å². The van der Waals surface area contributed by atoms with Gasteiger partial charge < -0.3 is 9.84 Å². The molecule has 0 radical (unpaired) electrons. The first-order valence-corrected chi connectivity index (χ1v) is 9.66. The molecule has 0 aromatic rings. The van der Waals surface area contributed by atoms with Crippen LogP contribution in [0.3, 0.4) is 0 Å². The van der Waals surface area contributed by atoms with E-state index in [0.717, 1.165) is 44.4 Å². The summed E-state index contributed by atoms with van der Waals surface area (Å²) >= 11 is 0. The van der Waals surface area contributed by atoms with Crippen LogP contribution in [0, 0.1) is 34.5 Å². The number of methoxy groups -OCH3 is 1. The number of hydrogen-bond donors (Lipinski definition) is 1. The predicted molar refractivity (Wildman–Crippen MR) is 88.9 cm³/mol. The van der Waals surface area contributed by atoms with Crippen molar-refractivity contribution >= 4 is 5.78 Å². The molecule has 4 rings (SSSR count). The van der Waals surface area contributed by atoms with Crippen LogP contribution in [0.2, 0.25) is 0 Å². The maximum atomic E-state index is 12.5. The lowest BCUT2D eigenvalue weighted by molar-refractivity contribution is -0.180. The van der Waals surface area contributed by atoms with Gasteiger partial charge in [0.15, 0.2) is 0 Å². The van der Waals surface area contributed by atoms with Gasteiger partial charge in [-0.25, -0.2) is 0 Å². The molecule has 0 amide bonds. The molecule has 1 N–H and O–H groups in total. The number of rotatable bonds is 1. The molecular formula is C20H32O3. The highest BCUT2D eigenvalue weighted by Gasteiger charge is 2.61. The molecule has 0 heterocycles. The fourth-order valence-corrected chi connectivity index (χ4v) is 7.38. The fourth-order valence-electron chi connectivity index (χ4n) is 7.38. The van der Waals surface area contributed by atoms with Gasteiger partial charge in [-0.15, -0.1) is 0 Å². The first kappa shape index (κ1) is 16.1. The number of ketones is 1. The summed E-state index contributed by atoms with van der Waals surface area (Å²) < 4.78 is 5.74. The zero-order chi connectivity index (χ0) is 16.4. The van der Waals surface area contributed by atoms with E-state index in [1.165, 1.54) is 12.8 Å². The van der Waals surface area contributed by atoms with Crippen LogP contribution < -0.4 is 0 Å². The average Bonchev–Trinajstić information content (AvgIpc) is 2.83. The van der Waals surface area contributed by atoms with Gasteiger partial charge in [0.05, 0.1) is 12.2 Å². The molecule has 0 aromatic heterocycles. The molecule has 4 fully saturated rings. The normalized spacial score (nSPS) is 55.9. The Hall–Kier alpha value is -0.410. The smallest absolute Gasteiger partial charge is 0.139 e. The average molecular weight is 320 g/mol. The Morgan fingerprint density at radius 2 is 1.78 bits per heavy atom. The van der Waals surface area contributed by atoms with Gasteiger partial charge in [-0.1, -0.05) is 13.8 Å². The highest BCUT2D eigenvalue weighted by molar-refractivity contribution is 5.87. The second kappa shape index (κ2) is 5.29. The molecule has 3 unspecified atom stereocenters. The summed E-state index contributed by atoms with van der Waals surface area (Å²) in [5.74, 6) is 3.06. The summed E-state index contributed by atoms with van der Waals surface area (Å²) in [5, 5.41) is 10.4. The molecule has 0 spiro atoms. The van der Waals surface area contributed by atoms with Crippen molar-refractivity contribution in [2.24, 2.45) is 34.5 Å². The van der Waals surface area contributed by atoms with Gasteiger partial charge in [0.25, 0.3) is 0 Å². The van der Waals surface area contributed by atoms with E-state index in [2.05, 4.69) is 13.8 Å². The number of fused-ring (bicyclic) bond motifs is 5. The number of Topliss-reactive ketones (excluding diaryl/α,β-unsaturated/α-hetero) is 1. The maximum Gasteiger partial charge on any atom is 0.139 e. The van der Waals surface area contributed by atoms with Crippen molar-refractivity contribution in [3.05, 3.63) is 0 Å². The van der Waals surface area contributed by atoms with Crippen molar-refractivity contribution in [1.29, 1.82) is 0 Å². The van der Waals surface area contributed by atoms with E-state index in [4.69, 9.17) is 4.74 Å². The minimum Gasteiger partial charge on any atom is -0.390 e. The third-order valence-corrected chi connectivity index (χ3v) is 8.68. The largest absolute Gasteiger partial charge is 0.390 e. The Bertz CT molecular complexity index is 503. The molecule has 0 saturated heterocycles. The van der Waals surface area contributed by atoms with Crippen LogP contribution in [0.4, 0.5) is 0 Å². The predicted octanol–water partition coefficient (Wildman–Crippen LogP) is 3.58. The molecule has 130 valence electrons. The molecular weight excluding hydrogens is 288 g/mol. The lowest BCUT2D eigenvalue weighted by Gasteiger charge is -2.61. The quantitative estimate of drug-likeness (QED) is 0.803. The SMILES string of the molecule is COC1C(O)CC[C@@]2(C)C1CC[C@@H]1[C@@H]2CC[C@]2(C)C(=O)CC[C@@H]12. The van der Waals surface area contributed by atoms with Crippen molar-refractivity contribution < 1.29 is 14.6 Å². The molecule has 4 aliphatic rings. The number of carbonyl (C=O) groups excluding carboxylic acids is 1. The summed E-state index contributed by atoms with van der Waals surface area (Å²) in [4.78, 5) is 12.5. The molecule has 8 atom stereocenters. The van der Waals surface area contributed by atoms with E-state index in [-0.39, 0.29) is 23.0 Å². The summed E-state index contributed by atoms with van der Waals surface area (Å²) in [6.07, 6.45) is 8.30. The summed E-state index contributed by atoms with van der Waals surface area (Å²) in [6.45, 7) is 4.71. The molecule has 3 nitrogen and oxygen atoms in total. The molecule has 0 bridgehead atoms. The molecule has 0 aliphatic heterocycles. The lowest BCUT2D eigenvalue weighted by Crippen LogP contribution is -2.58. The standard InChI is InChI=1S/C20H32O3/c1-19-11-9-16(21)18(23-3)15(19)5-4-12-13-6-7-17(22)20(13,2)10-8-14(12)19/h12-16,18,21H,4-11H2,1-3H3/t12-,13-,14-,15?,16?,18?,19+,20-/m0/s1. The Morgan fingerprint density at radius 1 is 1.00 bits per heavy atom. The number of carbonyl (C=O) groups is 1. The minimum atomic E-state index is -0.295. The Balaban J connectivity index is 1.65. The van der Waals surface area contributed by atoms with Gasteiger partial charge >= 0.3 is 0 Å². The first-order valence-electron chi connectivity index (χ1n) is 9.66. The maximum absolute atomic E-state index is 12.5. The van der Waals surface area contributed by atoms with Crippen LogP contribution in [-0.4, -0.2) is 30.2 Å². The van der Waals surface area contributed by atoms with E-state index in [1.54, 1.807) is 7.11 Å². The molecule has 4 saturated carbocycles. The summed E-state index contributed by atoms with van der Waals surface area (Å²) in [5.41, 5.74) is 0.259. The van der Waals surface area contributed by atoms with E-state index >= 15 is 0 Å². The third kappa shape index (κ3) is 2.05. The van der Waals surface area contributed by atoms with Crippen LogP contribution in [0.25, 0.3) is 0 Å². The highest BCUT2D eigenvalue weighted by Crippen LogP contribution is 2.65.